The van der Waals surface area contributed by atoms with Crippen LogP contribution in [0.25, 0.3) is 11.0 Å². The van der Waals surface area contributed by atoms with E-state index in [0.717, 1.165) is 18.7 Å². The van der Waals surface area contributed by atoms with E-state index in [0.29, 0.717) is 53.3 Å². The summed E-state index contributed by atoms with van der Waals surface area (Å²) in [5.74, 6) is 3.14. The van der Waals surface area contributed by atoms with Crippen molar-refractivity contribution in [1.82, 2.24) is 25.0 Å². The van der Waals surface area contributed by atoms with Gasteiger partial charge in [-0.25, -0.2) is 4.98 Å². The van der Waals surface area contributed by atoms with Crippen molar-refractivity contribution < 1.29 is 19.0 Å². The number of aromatic nitrogens is 3. The summed E-state index contributed by atoms with van der Waals surface area (Å²) < 4.78 is 18.3. The molecule has 39 heavy (non-hydrogen) atoms. The fourth-order valence-corrected chi connectivity index (χ4v) is 4.66. The van der Waals surface area contributed by atoms with Crippen LogP contribution in [-0.4, -0.2) is 69.7 Å². The lowest BCUT2D eigenvalue weighted by Crippen LogP contribution is -2.30. The maximum atomic E-state index is 12.7. The molecule has 1 atom stereocenters. The molecule has 2 aromatic carbocycles. The standard InChI is InChI=1S/C30H31N5O4/c1-34(21-9-10-21)18-5-8-27(36)35-19-16-25(20-35)39-30-28-26(15-17-31-29(28)32-33-30)38-24-13-11-23(12-14-24)37-22-6-3-2-4-7-22/h2-8,11-15,17,21,25H,9-10,16,18-20H2,1H3,(H,31,32,33)/t25-/m1/s1. The maximum absolute atomic E-state index is 12.7. The highest BCUT2D eigenvalue weighted by Gasteiger charge is 2.29. The average molecular weight is 526 g/mol. The van der Waals surface area contributed by atoms with Crippen LogP contribution in [-0.2, 0) is 4.79 Å². The van der Waals surface area contributed by atoms with Gasteiger partial charge in [0.25, 0.3) is 0 Å². The number of nitrogens with one attached hydrogen (secondary N) is 1. The fraction of sp³-hybridized carbons (Fsp3) is 0.300. The van der Waals surface area contributed by atoms with E-state index in [4.69, 9.17) is 14.2 Å². The predicted molar refractivity (Wildman–Crippen MR) is 147 cm³/mol. The van der Waals surface area contributed by atoms with Gasteiger partial charge in [-0.3, -0.25) is 14.8 Å². The van der Waals surface area contributed by atoms with Crippen molar-refractivity contribution in [3.05, 3.63) is 79.0 Å². The topological polar surface area (TPSA) is 92.8 Å². The molecule has 3 heterocycles. The number of nitrogens with zero attached hydrogens (tertiary/aromatic N) is 4. The Labute approximate surface area is 227 Å². The highest BCUT2D eigenvalue weighted by molar-refractivity contribution is 5.88. The Hall–Kier alpha value is -4.37. The van der Waals surface area contributed by atoms with Gasteiger partial charge in [0, 0.05) is 43.9 Å². The number of hydrogen-bond donors (Lipinski definition) is 1. The highest BCUT2D eigenvalue weighted by Crippen LogP contribution is 2.35. The van der Waals surface area contributed by atoms with Crippen LogP contribution in [0.1, 0.15) is 19.3 Å². The zero-order valence-corrected chi connectivity index (χ0v) is 21.8. The summed E-state index contributed by atoms with van der Waals surface area (Å²) in [6, 6.07) is 19.5. The van der Waals surface area contributed by atoms with Crippen molar-refractivity contribution in [3.8, 4) is 28.9 Å². The van der Waals surface area contributed by atoms with Gasteiger partial charge in [0.15, 0.2) is 5.65 Å². The molecule has 1 saturated heterocycles. The number of pyridine rings is 1. The second kappa shape index (κ2) is 11.2. The van der Waals surface area contributed by atoms with Crippen LogP contribution in [0.15, 0.2) is 79.0 Å². The molecule has 1 aliphatic heterocycles. The molecule has 200 valence electrons. The molecule has 2 aromatic heterocycles. The molecule has 0 radical (unpaired) electrons. The lowest BCUT2D eigenvalue weighted by Gasteiger charge is -2.16. The summed E-state index contributed by atoms with van der Waals surface area (Å²) in [5.41, 5.74) is 0.570. The van der Waals surface area contributed by atoms with Crippen molar-refractivity contribution in [2.75, 3.05) is 26.7 Å². The number of para-hydroxylation sites is 1. The van der Waals surface area contributed by atoms with Gasteiger partial charge in [-0.15, -0.1) is 5.10 Å². The molecule has 9 nitrogen and oxygen atoms in total. The SMILES string of the molecule is CN(CC=CC(=O)N1CC[C@@H](Oc2n[nH]c3nccc(Oc4ccc(Oc5ccccc5)cc4)c23)C1)C1CC1. The van der Waals surface area contributed by atoms with Gasteiger partial charge in [0.2, 0.25) is 11.8 Å². The number of ether oxygens (including phenoxy) is 3. The number of carbonyl (C=O) groups is 1. The van der Waals surface area contributed by atoms with E-state index < -0.39 is 0 Å². The van der Waals surface area contributed by atoms with Crippen LogP contribution < -0.4 is 14.2 Å². The van der Waals surface area contributed by atoms with Crippen LogP contribution in [0.2, 0.25) is 0 Å². The van der Waals surface area contributed by atoms with E-state index in [1.807, 2.05) is 65.6 Å². The minimum absolute atomic E-state index is 0.0163. The zero-order valence-electron chi connectivity index (χ0n) is 21.8. The van der Waals surface area contributed by atoms with Gasteiger partial charge in [-0.05, 0) is 56.3 Å². The molecule has 0 spiro atoms. The Morgan fingerprint density at radius 1 is 1.03 bits per heavy atom. The molecule has 1 aliphatic carbocycles. The van der Waals surface area contributed by atoms with Gasteiger partial charge >= 0.3 is 0 Å². The molecule has 1 saturated carbocycles. The quantitative estimate of drug-likeness (QED) is 0.286. The number of likely N-dealkylation sites (N-methyl/N-ethyl adjacent to an activating group) is 1. The Bertz CT molecular complexity index is 1450. The van der Waals surface area contributed by atoms with E-state index in [1.165, 1.54) is 12.8 Å². The second-order valence-corrected chi connectivity index (χ2v) is 9.94. The summed E-state index contributed by atoms with van der Waals surface area (Å²) in [6.07, 6.45) is 8.37. The largest absolute Gasteiger partial charge is 0.471 e. The molecule has 9 heteroatoms. The van der Waals surface area contributed by atoms with Crippen molar-refractivity contribution in [3.63, 3.8) is 0 Å². The van der Waals surface area contributed by atoms with E-state index in [9.17, 15) is 4.79 Å². The number of benzene rings is 2. The second-order valence-electron chi connectivity index (χ2n) is 9.94. The van der Waals surface area contributed by atoms with Crippen LogP contribution in [0.5, 0.6) is 28.9 Å². The Kier molecular flexibility index (Phi) is 7.14. The lowest BCUT2D eigenvalue weighted by atomic mass is 10.3. The van der Waals surface area contributed by atoms with E-state index in [2.05, 4.69) is 27.1 Å². The van der Waals surface area contributed by atoms with Gasteiger partial charge in [0.1, 0.15) is 34.5 Å². The summed E-state index contributed by atoms with van der Waals surface area (Å²) in [4.78, 5) is 21.1. The third kappa shape index (κ3) is 6.04. The third-order valence-corrected chi connectivity index (χ3v) is 6.98. The molecule has 1 amide bonds. The lowest BCUT2D eigenvalue weighted by molar-refractivity contribution is -0.125. The first-order valence-electron chi connectivity index (χ1n) is 13.3. The highest BCUT2D eigenvalue weighted by atomic mass is 16.5. The first-order chi connectivity index (χ1) is 19.1. The normalized spacial score (nSPS) is 17.3. The molecule has 6 rings (SSSR count). The molecule has 2 aliphatic rings. The van der Waals surface area contributed by atoms with Crippen molar-refractivity contribution in [2.45, 2.75) is 31.4 Å². The summed E-state index contributed by atoms with van der Waals surface area (Å²) >= 11 is 0. The van der Waals surface area contributed by atoms with Crippen molar-refractivity contribution >= 4 is 16.9 Å². The van der Waals surface area contributed by atoms with Gasteiger partial charge in [-0.2, -0.15) is 0 Å². The Balaban J connectivity index is 1.09. The van der Waals surface area contributed by atoms with Crippen LogP contribution in [0.3, 0.4) is 0 Å². The number of aromatic amines is 1. The molecular formula is C30H31N5O4. The summed E-state index contributed by atoms with van der Waals surface area (Å²) in [6.45, 7) is 1.95. The number of carbonyl (C=O) groups excluding carboxylic acids is 1. The zero-order chi connectivity index (χ0) is 26.6. The minimum Gasteiger partial charge on any atom is -0.471 e. The molecule has 0 unspecified atom stereocenters. The number of H-pyrrole nitrogens is 1. The average Bonchev–Trinajstić information content (AvgIpc) is 3.57. The van der Waals surface area contributed by atoms with Crippen LogP contribution in [0.4, 0.5) is 0 Å². The van der Waals surface area contributed by atoms with Crippen molar-refractivity contribution in [2.24, 2.45) is 0 Å². The number of fused-ring (bicyclic) bond motifs is 1. The van der Waals surface area contributed by atoms with Crippen molar-refractivity contribution in [1.29, 1.82) is 0 Å². The maximum Gasteiger partial charge on any atom is 0.246 e. The smallest absolute Gasteiger partial charge is 0.246 e. The number of hydrogen-bond acceptors (Lipinski definition) is 7. The summed E-state index contributed by atoms with van der Waals surface area (Å²) in [7, 11) is 2.10. The molecule has 0 bridgehead atoms. The molecular weight excluding hydrogens is 494 g/mol. The molecule has 1 N–H and O–H groups in total. The third-order valence-electron chi connectivity index (χ3n) is 6.98. The summed E-state index contributed by atoms with van der Waals surface area (Å²) in [5, 5.41) is 7.94. The molecule has 2 fully saturated rings. The molecule has 4 aromatic rings. The first-order valence-corrected chi connectivity index (χ1v) is 13.3. The minimum atomic E-state index is -0.162. The Morgan fingerprint density at radius 3 is 2.54 bits per heavy atom. The van der Waals surface area contributed by atoms with E-state index in [1.54, 1.807) is 18.3 Å². The van der Waals surface area contributed by atoms with Crippen LogP contribution in [0, 0.1) is 0 Å². The Morgan fingerprint density at radius 2 is 1.77 bits per heavy atom. The first kappa shape index (κ1) is 24.9. The van der Waals surface area contributed by atoms with Gasteiger partial charge < -0.3 is 19.1 Å². The van der Waals surface area contributed by atoms with E-state index in [-0.39, 0.29) is 12.0 Å². The number of amides is 1. The van der Waals surface area contributed by atoms with E-state index >= 15 is 0 Å². The monoisotopic (exact) mass is 525 g/mol. The van der Waals surface area contributed by atoms with Gasteiger partial charge in [0.05, 0.1) is 6.54 Å². The predicted octanol–water partition coefficient (Wildman–Crippen LogP) is 5.17. The van der Waals surface area contributed by atoms with Gasteiger partial charge in [-0.1, -0.05) is 24.3 Å². The number of rotatable bonds is 10. The van der Waals surface area contributed by atoms with Crippen LogP contribution >= 0.6 is 0 Å². The number of likely N-dealkylation sites (tertiary alicyclic amines) is 1. The fourth-order valence-electron chi connectivity index (χ4n) is 4.66.